The first-order chi connectivity index (χ1) is 9.71. The molecule has 2 atom stereocenters. The van der Waals surface area contributed by atoms with Crippen LogP contribution in [0.1, 0.15) is 45.1 Å². The molecule has 0 bridgehead atoms. The molecule has 1 N–H and O–H groups in total. The first-order valence-corrected chi connectivity index (χ1v) is 7.63. The Bertz CT molecular complexity index is 459. The Morgan fingerprint density at radius 3 is 2.70 bits per heavy atom. The highest BCUT2D eigenvalue weighted by Crippen LogP contribution is 2.30. The highest BCUT2D eigenvalue weighted by Gasteiger charge is 2.36. The first kappa shape index (κ1) is 14.9. The van der Waals surface area contributed by atoms with Gasteiger partial charge in [0, 0.05) is 6.42 Å². The number of ether oxygens (including phenoxy) is 1. The van der Waals surface area contributed by atoms with E-state index in [1.165, 1.54) is 5.56 Å². The molecule has 2 unspecified atom stereocenters. The molecule has 0 saturated heterocycles. The lowest BCUT2D eigenvalue weighted by Crippen LogP contribution is -2.49. The van der Waals surface area contributed by atoms with Crippen LogP contribution in [0.5, 0.6) is 5.75 Å². The summed E-state index contributed by atoms with van der Waals surface area (Å²) in [5.74, 6) is 0.914. The summed E-state index contributed by atoms with van der Waals surface area (Å²) < 4.78 is 6.07. The van der Waals surface area contributed by atoms with Gasteiger partial charge in [-0.3, -0.25) is 5.32 Å². The molecule has 2 rings (SSSR count). The van der Waals surface area contributed by atoms with E-state index in [-0.39, 0.29) is 6.10 Å². The molecule has 1 aromatic rings. The second kappa shape index (κ2) is 6.76. The molecule has 3 heteroatoms. The Kier molecular flexibility index (Phi) is 5.03. The molecule has 108 valence electrons. The SMILES string of the molecule is CCNC1(C#N)CCCC(Oc2ccc(CC)cc2)C1. The number of nitriles is 1. The van der Waals surface area contributed by atoms with Crippen LogP contribution < -0.4 is 10.1 Å². The van der Waals surface area contributed by atoms with Crippen molar-refractivity contribution in [1.82, 2.24) is 5.32 Å². The molecule has 0 aliphatic heterocycles. The van der Waals surface area contributed by atoms with Gasteiger partial charge in [-0.2, -0.15) is 5.26 Å². The maximum absolute atomic E-state index is 9.46. The van der Waals surface area contributed by atoms with Crippen molar-refractivity contribution < 1.29 is 4.74 Å². The van der Waals surface area contributed by atoms with Crippen molar-refractivity contribution in [2.75, 3.05) is 6.54 Å². The highest BCUT2D eigenvalue weighted by molar-refractivity contribution is 5.27. The predicted octanol–water partition coefficient (Wildman–Crippen LogP) is 3.44. The van der Waals surface area contributed by atoms with Crippen LogP contribution in [0.4, 0.5) is 0 Å². The lowest BCUT2D eigenvalue weighted by atomic mass is 9.81. The molecular formula is C17H24N2O. The minimum absolute atomic E-state index is 0.134. The van der Waals surface area contributed by atoms with Crippen LogP contribution in [0.2, 0.25) is 0 Å². The van der Waals surface area contributed by atoms with Gasteiger partial charge < -0.3 is 4.74 Å². The fraction of sp³-hybridized carbons (Fsp3) is 0.588. The van der Waals surface area contributed by atoms with Gasteiger partial charge in [0.25, 0.3) is 0 Å². The second-order valence-electron chi connectivity index (χ2n) is 5.56. The summed E-state index contributed by atoms with van der Waals surface area (Å²) in [6, 6.07) is 10.8. The standard InChI is InChI=1S/C17H24N2O/c1-3-14-7-9-15(10-8-14)20-16-6-5-11-17(12-16,13-18)19-4-2/h7-10,16,19H,3-6,11-12H2,1-2H3. The molecular weight excluding hydrogens is 248 g/mol. The third kappa shape index (κ3) is 3.52. The molecule has 1 saturated carbocycles. The van der Waals surface area contributed by atoms with Crippen LogP contribution in [-0.4, -0.2) is 18.2 Å². The Morgan fingerprint density at radius 1 is 1.35 bits per heavy atom. The lowest BCUT2D eigenvalue weighted by Gasteiger charge is -2.36. The molecule has 0 radical (unpaired) electrons. The average Bonchev–Trinajstić information content (AvgIpc) is 2.49. The van der Waals surface area contributed by atoms with Gasteiger partial charge in [0.2, 0.25) is 0 Å². The van der Waals surface area contributed by atoms with E-state index in [4.69, 9.17) is 4.74 Å². The van der Waals surface area contributed by atoms with Crippen molar-refractivity contribution in [2.24, 2.45) is 0 Å². The van der Waals surface area contributed by atoms with Crippen molar-refractivity contribution in [3.8, 4) is 11.8 Å². The van der Waals surface area contributed by atoms with Crippen LogP contribution >= 0.6 is 0 Å². The van der Waals surface area contributed by atoms with Crippen molar-refractivity contribution >= 4 is 0 Å². The molecule has 1 aliphatic rings. The summed E-state index contributed by atoms with van der Waals surface area (Å²) in [6.07, 6.45) is 4.94. The first-order valence-electron chi connectivity index (χ1n) is 7.63. The number of nitrogens with zero attached hydrogens (tertiary/aromatic N) is 1. The van der Waals surface area contributed by atoms with Crippen LogP contribution in [0.15, 0.2) is 24.3 Å². The van der Waals surface area contributed by atoms with E-state index in [9.17, 15) is 5.26 Å². The van der Waals surface area contributed by atoms with Gasteiger partial charge >= 0.3 is 0 Å². The summed E-state index contributed by atoms with van der Waals surface area (Å²) in [5, 5.41) is 12.8. The molecule has 0 aromatic heterocycles. The summed E-state index contributed by atoms with van der Waals surface area (Å²) in [4.78, 5) is 0. The molecule has 0 heterocycles. The Balaban J connectivity index is 2.00. The summed E-state index contributed by atoms with van der Waals surface area (Å²) in [5.41, 5.74) is 0.918. The van der Waals surface area contributed by atoms with Gasteiger partial charge in [-0.05, 0) is 49.9 Å². The zero-order valence-electron chi connectivity index (χ0n) is 12.5. The van der Waals surface area contributed by atoms with Crippen LogP contribution in [0, 0.1) is 11.3 Å². The zero-order valence-corrected chi connectivity index (χ0v) is 12.5. The van der Waals surface area contributed by atoms with Crippen molar-refractivity contribution in [2.45, 2.75) is 57.6 Å². The van der Waals surface area contributed by atoms with Crippen molar-refractivity contribution in [3.63, 3.8) is 0 Å². The van der Waals surface area contributed by atoms with E-state index < -0.39 is 5.54 Å². The fourth-order valence-corrected chi connectivity index (χ4v) is 2.96. The number of benzene rings is 1. The van der Waals surface area contributed by atoms with Gasteiger partial charge in [-0.15, -0.1) is 0 Å². The third-order valence-electron chi connectivity index (χ3n) is 4.07. The van der Waals surface area contributed by atoms with Crippen LogP contribution in [0.25, 0.3) is 0 Å². The van der Waals surface area contributed by atoms with Gasteiger partial charge in [0.15, 0.2) is 0 Å². The van der Waals surface area contributed by atoms with Gasteiger partial charge in [-0.25, -0.2) is 0 Å². The summed E-state index contributed by atoms with van der Waals surface area (Å²) >= 11 is 0. The highest BCUT2D eigenvalue weighted by atomic mass is 16.5. The minimum atomic E-state index is -0.402. The van der Waals surface area contributed by atoms with Gasteiger partial charge in [-0.1, -0.05) is 26.0 Å². The number of rotatable bonds is 5. The number of hydrogen-bond acceptors (Lipinski definition) is 3. The summed E-state index contributed by atoms with van der Waals surface area (Å²) in [6.45, 7) is 5.02. The Labute approximate surface area is 121 Å². The maximum atomic E-state index is 9.46. The Hall–Kier alpha value is -1.53. The topological polar surface area (TPSA) is 45.0 Å². The van der Waals surface area contributed by atoms with Crippen LogP contribution in [-0.2, 0) is 6.42 Å². The second-order valence-corrected chi connectivity index (χ2v) is 5.56. The quantitative estimate of drug-likeness (QED) is 0.893. The largest absolute Gasteiger partial charge is 0.490 e. The van der Waals surface area contributed by atoms with E-state index in [0.29, 0.717) is 0 Å². The van der Waals surface area contributed by atoms with E-state index in [1.807, 2.05) is 19.1 Å². The molecule has 3 nitrogen and oxygen atoms in total. The minimum Gasteiger partial charge on any atom is -0.490 e. The van der Waals surface area contributed by atoms with E-state index in [0.717, 1.165) is 44.4 Å². The zero-order chi connectivity index (χ0) is 14.4. The number of aryl methyl sites for hydroxylation is 1. The molecule has 0 spiro atoms. The summed E-state index contributed by atoms with van der Waals surface area (Å²) in [7, 11) is 0. The monoisotopic (exact) mass is 272 g/mol. The molecule has 20 heavy (non-hydrogen) atoms. The predicted molar refractivity (Wildman–Crippen MR) is 80.7 cm³/mol. The fourth-order valence-electron chi connectivity index (χ4n) is 2.96. The van der Waals surface area contributed by atoms with E-state index >= 15 is 0 Å². The molecule has 1 fully saturated rings. The normalized spacial score (nSPS) is 25.9. The molecule has 1 aliphatic carbocycles. The third-order valence-corrected chi connectivity index (χ3v) is 4.07. The van der Waals surface area contributed by atoms with Crippen molar-refractivity contribution in [1.29, 1.82) is 5.26 Å². The van der Waals surface area contributed by atoms with E-state index in [1.54, 1.807) is 0 Å². The maximum Gasteiger partial charge on any atom is 0.119 e. The molecule has 0 amide bonds. The lowest BCUT2D eigenvalue weighted by molar-refractivity contribution is 0.113. The van der Waals surface area contributed by atoms with Crippen LogP contribution in [0.3, 0.4) is 0 Å². The Morgan fingerprint density at radius 2 is 2.10 bits per heavy atom. The number of hydrogen-bond donors (Lipinski definition) is 1. The van der Waals surface area contributed by atoms with E-state index in [2.05, 4.69) is 30.4 Å². The van der Waals surface area contributed by atoms with Gasteiger partial charge in [0.05, 0.1) is 6.07 Å². The smallest absolute Gasteiger partial charge is 0.119 e. The molecule has 1 aromatic carbocycles. The average molecular weight is 272 g/mol. The number of nitrogens with one attached hydrogen (secondary N) is 1. The van der Waals surface area contributed by atoms with Gasteiger partial charge in [0.1, 0.15) is 17.4 Å². The van der Waals surface area contributed by atoms with Crippen molar-refractivity contribution in [3.05, 3.63) is 29.8 Å².